The van der Waals surface area contributed by atoms with Crippen molar-refractivity contribution in [1.82, 2.24) is 20.4 Å². The number of imide groups is 2. The van der Waals surface area contributed by atoms with Crippen molar-refractivity contribution in [3.63, 3.8) is 0 Å². The molecule has 4 heterocycles. The van der Waals surface area contributed by atoms with Crippen LogP contribution in [0.1, 0.15) is 172 Å². The molecule has 2 fully saturated rings. The molecule has 26 heteroatoms. The summed E-state index contributed by atoms with van der Waals surface area (Å²) in [5.74, 6) is -11.2. The van der Waals surface area contributed by atoms with E-state index in [9.17, 15) is 19.2 Å². The van der Waals surface area contributed by atoms with Crippen LogP contribution in [0.2, 0.25) is 0 Å². The number of carbonyl (C=O) groups is 8. The maximum absolute atomic E-state index is 16.1. The van der Waals surface area contributed by atoms with Gasteiger partial charge in [0.25, 0.3) is 23.6 Å². The van der Waals surface area contributed by atoms with E-state index in [0.717, 1.165) is 22.3 Å². The number of epoxide rings is 2. The molecule has 4 unspecified atom stereocenters. The van der Waals surface area contributed by atoms with Crippen LogP contribution in [0.5, 0.6) is 46.0 Å². The van der Waals surface area contributed by atoms with Crippen molar-refractivity contribution in [3.8, 4) is 46.0 Å². The summed E-state index contributed by atoms with van der Waals surface area (Å²) in [7, 11) is 0. The van der Waals surface area contributed by atoms with E-state index in [1.165, 1.54) is 24.3 Å². The first-order chi connectivity index (χ1) is 51.6. The number of benzene rings is 9. The Hall–Kier alpha value is -10.9. The SMILES string of the molecule is CC(C)(C)c1ccc(Oc2cc3c4c(cc(Oc5ccc(C(C)(C)C)cc5)c5c6c(Oc7ccc(C(C)(C)C)cc7)cc7c8c(cc(Oc9ccc(C(C)(C)C)cc9)c(c2c45)c86)C(=O)N(C(CC(F)(F)F)C(=O)OCCC(=O)NCC2CO2)C7=O)C(=O)N(C(CC(F)(F)F)C(=O)OCCC(=O)NCC2CO2)C3=O)cc1. The molecule has 4 atom stereocenters. The van der Waals surface area contributed by atoms with Crippen LogP contribution in [0.4, 0.5) is 26.3 Å². The Morgan fingerprint density at radius 1 is 0.391 bits per heavy atom. The van der Waals surface area contributed by atoms with Gasteiger partial charge in [0.05, 0.1) is 73.4 Å². The van der Waals surface area contributed by atoms with Gasteiger partial charge in [-0.25, -0.2) is 9.59 Å². The monoisotopic (exact) mass is 1520 g/mol. The van der Waals surface area contributed by atoms with Gasteiger partial charge in [-0.1, -0.05) is 132 Å². The van der Waals surface area contributed by atoms with Crippen molar-refractivity contribution in [2.24, 2.45) is 0 Å². The summed E-state index contributed by atoms with van der Waals surface area (Å²) in [6.07, 6.45) is -16.3. The maximum Gasteiger partial charge on any atom is 0.391 e. The lowest BCUT2D eigenvalue weighted by molar-refractivity contribution is -0.167. The normalized spacial score (nSPS) is 16.5. The molecule has 110 heavy (non-hydrogen) atoms. The van der Waals surface area contributed by atoms with Crippen LogP contribution in [0.15, 0.2) is 121 Å². The Morgan fingerprint density at radius 2 is 0.627 bits per heavy atom. The Kier molecular flexibility index (Phi) is 20.3. The van der Waals surface area contributed by atoms with Gasteiger partial charge >= 0.3 is 24.3 Å². The average Bonchev–Trinajstić information content (AvgIpc) is 0.888. The van der Waals surface area contributed by atoms with Crippen molar-refractivity contribution in [3.05, 3.63) is 166 Å². The highest BCUT2D eigenvalue weighted by Crippen LogP contribution is 2.59. The largest absolute Gasteiger partial charge is 0.464 e. The topological polar surface area (TPSA) is 248 Å². The summed E-state index contributed by atoms with van der Waals surface area (Å²) in [5, 5.41) is 4.17. The molecule has 0 aromatic heterocycles. The Morgan fingerprint density at radius 3 is 0.836 bits per heavy atom. The van der Waals surface area contributed by atoms with E-state index in [4.69, 9.17) is 37.9 Å². The van der Waals surface area contributed by atoms with Crippen LogP contribution >= 0.6 is 0 Å². The van der Waals surface area contributed by atoms with E-state index in [1.807, 2.05) is 83.1 Å². The molecule has 576 valence electrons. The zero-order chi connectivity index (χ0) is 79.2. The summed E-state index contributed by atoms with van der Waals surface area (Å²) < 4.78 is 141. The molecular weight excluding hydrogens is 1430 g/mol. The van der Waals surface area contributed by atoms with E-state index in [0.29, 0.717) is 13.2 Å². The van der Waals surface area contributed by atoms with Crippen LogP contribution < -0.4 is 29.6 Å². The number of hydrogen-bond donors (Lipinski definition) is 2. The third kappa shape index (κ3) is 16.2. The van der Waals surface area contributed by atoms with Crippen LogP contribution in [-0.4, -0.2) is 133 Å². The van der Waals surface area contributed by atoms with Gasteiger partial charge in [-0.05, 0) is 117 Å². The van der Waals surface area contributed by atoms with Gasteiger partial charge < -0.3 is 48.5 Å². The van der Waals surface area contributed by atoms with Crippen molar-refractivity contribution < 1.29 is 103 Å². The van der Waals surface area contributed by atoms with Crippen molar-refractivity contribution in [2.75, 3.05) is 39.5 Å². The first-order valence-electron chi connectivity index (χ1n) is 36.1. The van der Waals surface area contributed by atoms with E-state index >= 15 is 45.5 Å². The van der Waals surface area contributed by atoms with Gasteiger partial charge in [0.1, 0.15) is 71.3 Å². The number of hydrogen-bond acceptors (Lipinski definition) is 16. The summed E-state index contributed by atoms with van der Waals surface area (Å²) in [6.45, 7) is 23.2. The number of nitrogens with zero attached hydrogens (tertiary/aromatic N) is 2. The van der Waals surface area contributed by atoms with Crippen LogP contribution in [0, 0.1) is 0 Å². The van der Waals surface area contributed by atoms with Crippen molar-refractivity contribution in [2.45, 2.75) is 167 Å². The molecule has 20 nitrogen and oxygen atoms in total. The number of alkyl halides is 6. The van der Waals surface area contributed by atoms with Crippen molar-refractivity contribution >= 4 is 90.5 Å². The van der Waals surface area contributed by atoms with Crippen LogP contribution in [0.25, 0.3) is 43.1 Å². The Labute approximate surface area is 629 Å². The second-order valence-electron chi connectivity index (χ2n) is 32.2. The molecule has 9 aromatic rings. The highest BCUT2D eigenvalue weighted by molar-refractivity contribution is 6.45. The average molecular weight is 1520 g/mol. The van der Waals surface area contributed by atoms with Gasteiger partial charge in [-0.3, -0.25) is 38.6 Å². The fourth-order valence-electron chi connectivity index (χ4n) is 13.7. The molecule has 0 saturated carbocycles. The quantitative estimate of drug-likeness (QED) is 0.0143. The van der Waals surface area contributed by atoms with E-state index < -0.39 is 155 Å². The first kappa shape index (κ1) is 77.3. The van der Waals surface area contributed by atoms with E-state index in [-0.39, 0.29) is 124 Å². The minimum Gasteiger partial charge on any atom is -0.464 e. The van der Waals surface area contributed by atoms with Crippen molar-refractivity contribution in [1.29, 1.82) is 0 Å². The summed E-state index contributed by atoms with van der Waals surface area (Å²) in [6, 6.07) is 26.4. The van der Waals surface area contributed by atoms with Crippen LogP contribution in [-0.2, 0) is 59.8 Å². The molecule has 0 spiro atoms. The fourth-order valence-corrected chi connectivity index (χ4v) is 13.7. The smallest absolute Gasteiger partial charge is 0.391 e. The molecular formula is C84H82F6N4O16. The van der Waals surface area contributed by atoms with Gasteiger partial charge in [-0.2, -0.15) is 26.3 Å². The number of carbonyl (C=O) groups excluding carboxylic acids is 8. The molecule has 0 aliphatic carbocycles. The summed E-state index contributed by atoms with van der Waals surface area (Å²) in [4.78, 5) is 119. The molecule has 4 aliphatic rings. The van der Waals surface area contributed by atoms with E-state index in [1.54, 1.807) is 97.1 Å². The first-order valence-corrected chi connectivity index (χ1v) is 36.1. The van der Waals surface area contributed by atoms with Gasteiger partial charge in [0.2, 0.25) is 11.8 Å². The Bertz CT molecular complexity index is 4610. The minimum absolute atomic E-state index is 0.0761. The lowest BCUT2D eigenvalue weighted by Gasteiger charge is -2.35. The van der Waals surface area contributed by atoms with Gasteiger partial charge in [0, 0.05) is 56.2 Å². The predicted molar refractivity (Wildman–Crippen MR) is 395 cm³/mol. The predicted octanol–water partition coefficient (Wildman–Crippen LogP) is 16.8. The molecule has 13 rings (SSSR count). The minimum atomic E-state index is -5.26. The second kappa shape index (κ2) is 28.9. The molecule has 0 bridgehead atoms. The number of ether oxygens (including phenoxy) is 8. The lowest BCUT2D eigenvalue weighted by atomic mass is 9.80. The second-order valence-corrected chi connectivity index (χ2v) is 32.2. The highest BCUT2D eigenvalue weighted by atomic mass is 19.4. The molecule has 4 aliphatic heterocycles. The third-order valence-corrected chi connectivity index (χ3v) is 19.8. The number of rotatable bonds is 24. The summed E-state index contributed by atoms with van der Waals surface area (Å²) in [5.41, 5.74) is -0.367. The summed E-state index contributed by atoms with van der Waals surface area (Å²) >= 11 is 0. The van der Waals surface area contributed by atoms with Crippen LogP contribution in [0.3, 0.4) is 0 Å². The molecule has 2 N–H and O–H groups in total. The molecule has 9 aromatic carbocycles. The number of amides is 6. The number of esters is 2. The van der Waals surface area contributed by atoms with Gasteiger partial charge in [-0.15, -0.1) is 0 Å². The number of nitrogens with one attached hydrogen (secondary N) is 2. The standard InChI is InChI=1S/C84H82F6N4O16/c1-79(2,3)43-13-21-47(22-14-43)107-59-33-53-65-54(74(98)93(73(53)97)57(37-83(85,86)87)77(101)103-31-29-63(95)91-39-51-41-105-51)35-61(109-49-25-17-45(18-26-49)81(7,8)9)69-70-62(110-50-27-19-46(20-28-50)82(10,11)12)36-56-66-55(34-60(68(72(66)70)67(59)71(65)69)108-48-23-15-44(16-24-48)80(4,5)6)75(99)94(76(56)100)58(38-84(88,89)90)78(102)104-32-30-64(96)92-40-52-42-106-52/h13-28,33-36,51-52,57-58H,29-32,37-42H2,1-12H3,(H,91,95)(H,92,96). The highest BCUT2D eigenvalue weighted by Gasteiger charge is 2.51. The number of halogens is 6. The molecule has 2 saturated heterocycles. The zero-order valence-electron chi connectivity index (χ0n) is 62.6. The molecule has 6 amide bonds. The Balaban J connectivity index is 1.14. The maximum atomic E-state index is 16.1. The number of fused-ring (bicyclic) bond motifs is 2. The van der Waals surface area contributed by atoms with Gasteiger partial charge in [0.15, 0.2) is 0 Å². The molecule has 0 radical (unpaired) electrons. The van der Waals surface area contributed by atoms with E-state index in [2.05, 4.69) is 10.6 Å². The fraction of sp³-hybridized carbons (Fsp3) is 0.381. The third-order valence-electron chi connectivity index (χ3n) is 19.8. The zero-order valence-corrected chi connectivity index (χ0v) is 62.6. The lowest BCUT2D eigenvalue weighted by Crippen LogP contribution is -2.52.